The molecule has 0 aromatic heterocycles. The van der Waals surface area contributed by atoms with Crippen molar-refractivity contribution in [2.45, 2.75) is 31.9 Å². The first-order valence-electron chi connectivity index (χ1n) is 8.39. The van der Waals surface area contributed by atoms with Gasteiger partial charge in [-0.15, -0.1) is 0 Å². The molecule has 2 aliphatic heterocycles. The average molecular weight is 334 g/mol. The lowest BCUT2D eigenvalue weighted by atomic mass is 9.95. The van der Waals surface area contributed by atoms with Gasteiger partial charge < -0.3 is 14.5 Å². The van der Waals surface area contributed by atoms with Crippen molar-refractivity contribution in [1.29, 1.82) is 0 Å². The first-order chi connectivity index (χ1) is 11.5. The van der Waals surface area contributed by atoms with Gasteiger partial charge in [0.2, 0.25) is 5.91 Å². The summed E-state index contributed by atoms with van der Waals surface area (Å²) in [6.45, 7) is 3.46. The Kier molecular flexibility index (Phi) is 4.85. The molecule has 2 amide bonds. The van der Waals surface area contributed by atoms with Crippen molar-refractivity contribution in [1.82, 2.24) is 9.80 Å². The van der Waals surface area contributed by atoms with Crippen LogP contribution in [0.3, 0.4) is 0 Å². The summed E-state index contributed by atoms with van der Waals surface area (Å²) >= 11 is 0. The van der Waals surface area contributed by atoms with E-state index in [1.807, 2.05) is 0 Å². The predicted molar refractivity (Wildman–Crippen MR) is 86.6 cm³/mol. The van der Waals surface area contributed by atoms with Crippen molar-refractivity contribution in [3.63, 3.8) is 0 Å². The Morgan fingerprint density at radius 3 is 2.67 bits per heavy atom. The van der Waals surface area contributed by atoms with Crippen LogP contribution in [-0.4, -0.2) is 54.5 Å². The number of amides is 2. The molecule has 0 radical (unpaired) electrons. The molecule has 1 aromatic carbocycles. The van der Waals surface area contributed by atoms with Crippen LogP contribution in [0, 0.1) is 11.7 Å². The molecule has 24 heavy (non-hydrogen) atoms. The van der Waals surface area contributed by atoms with Gasteiger partial charge in [0.1, 0.15) is 12.4 Å². The van der Waals surface area contributed by atoms with Crippen LogP contribution in [-0.2, 0) is 14.3 Å². The highest BCUT2D eigenvalue weighted by Gasteiger charge is 2.42. The molecule has 0 spiro atoms. The van der Waals surface area contributed by atoms with E-state index in [0.717, 1.165) is 12.8 Å². The Morgan fingerprint density at radius 1 is 1.29 bits per heavy atom. The van der Waals surface area contributed by atoms with E-state index in [1.165, 1.54) is 17.0 Å². The highest BCUT2D eigenvalue weighted by atomic mass is 19.1. The van der Waals surface area contributed by atoms with Crippen LogP contribution >= 0.6 is 0 Å². The zero-order chi connectivity index (χ0) is 17.3. The normalized spacial score (nSPS) is 25.9. The molecule has 5 nitrogen and oxygen atoms in total. The minimum atomic E-state index is -0.789. The third-order valence-electron chi connectivity index (χ3n) is 5.01. The van der Waals surface area contributed by atoms with Gasteiger partial charge in [-0.25, -0.2) is 4.39 Å². The van der Waals surface area contributed by atoms with E-state index in [4.69, 9.17) is 4.74 Å². The molecule has 0 saturated carbocycles. The van der Waals surface area contributed by atoms with Gasteiger partial charge in [-0.2, -0.15) is 0 Å². The lowest BCUT2D eigenvalue weighted by molar-refractivity contribution is -0.168. The van der Waals surface area contributed by atoms with E-state index in [0.29, 0.717) is 24.6 Å². The number of morpholine rings is 1. The van der Waals surface area contributed by atoms with Gasteiger partial charge >= 0.3 is 0 Å². The number of likely N-dealkylation sites (tertiary alicyclic amines) is 1. The molecule has 3 rings (SSSR count). The fourth-order valence-corrected chi connectivity index (χ4v) is 3.42. The maximum Gasteiger partial charge on any atom is 0.254 e. The lowest BCUT2D eigenvalue weighted by Gasteiger charge is -2.41. The molecular formula is C18H23FN2O3. The van der Waals surface area contributed by atoms with Gasteiger partial charge in [0.25, 0.3) is 5.91 Å². The smallest absolute Gasteiger partial charge is 0.254 e. The zero-order valence-electron chi connectivity index (χ0n) is 14.1. The van der Waals surface area contributed by atoms with Crippen LogP contribution in [0.25, 0.3) is 0 Å². The maximum absolute atomic E-state index is 13.6. The van der Waals surface area contributed by atoms with Gasteiger partial charge in [0.05, 0.1) is 6.04 Å². The van der Waals surface area contributed by atoms with Crippen molar-refractivity contribution in [3.8, 4) is 0 Å². The number of ether oxygens (including phenoxy) is 1. The molecule has 130 valence electrons. The topological polar surface area (TPSA) is 49.9 Å². The first-order valence-corrected chi connectivity index (χ1v) is 8.39. The van der Waals surface area contributed by atoms with E-state index in [2.05, 4.69) is 6.92 Å². The van der Waals surface area contributed by atoms with Gasteiger partial charge in [-0.1, -0.05) is 19.1 Å². The molecule has 2 aliphatic rings. The second kappa shape index (κ2) is 6.89. The quantitative estimate of drug-likeness (QED) is 0.831. The monoisotopic (exact) mass is 334 g/mol. The number of piperidine rings is 1. The molecule has 2 saturated heterocycles. The molecule has 2 fully saturated rings. The third-order valence-corrected chi connectivity index (χ3v) is 5.01. The predicted octanol–water partition coefficient (Wildman–Crippen LogP) is 1.98. The summed E-state index contributed by atoms with van der Waals surface area (Å²) in [6.07, 6.45) is 1.15. The molecule has 0 N–H and O–H groups in total. The number of likely N-dealkylation sites (N-methyl/N-ethyl adjacent to an activating group) is 1. The van der Waals surface area contributed by atoms with E-state index < -0.39 is 18.0 Å². The number of nitrogens with zero attached hydrogens (tertiary/aromatic N) is 2. The highest BCUT2D eigenvalue weighted by Crippen LogP contribution is 2.31. The van der Waals surface area contributed by atoms with Gasteiger partial charge in [0.15, 0.2) is 6.10 Å². The summed E-state index contributed by atoms with van der Waals surface area (Å²) in [5.41, 5.74) is 0.578. The molecule has 2 heterocycles. The number of rotatable bonds is 2. The van der Waals surface area contributed by atoms with Gasteiger partial charge in [0, 0.05) is 20.1 Å². The fraction of sp³-hybridized carbons (Fsp3) is 0.556. The van der Waals surface area contributed by atoms with Crippen LogP contribution in [0.2, 0.25) is 0 Å². The average Bonchev–Trinajstić information content (AvgIpc) is 2.57. The summed E-state index contributed by atoms with van der Waals surface area (Å²) in [5.74, 6) is -0.0994. The van der Waals surface area contributed by atoms with Crippen molar-refractivity contribution in [2.75, 3.05) is 26.7 Å². The first kappa shape index (κ1) is 16.9. The highest BCUT2D eigenvalue weighted by molar-refractivity contribution is 5.86. The lowest BCUT2D eigenvalue weighted by Crippen LogP contribution is -2.54. The Hall–Kier alpha value is -1.95. The number of halogens is 1. The van der Waals surface area contributed by atoms with Crippen LogP contribution in [0.1, 0.15) is 31.4 Å². The Balaban J connectivity index is 1.86. The number of carbonyl (C=O) groups excluding carboxylic acids is 2. The number of hydrogen-bond acceptors (Lipinski definition) is 3. The molecule has 2 atom stereocenters. The van der Waals surface area contributed by atoms with Gasteiger partial charge in [-0.05, 0) is 36.5 Å². The van der Waals surface area contributed by atoms with Crippen LogP contribution in [0.4, 0.5) is 4.39 Å². The minimum absolute atomic E-state index is 0.115. The van der Waals surface area contributed by atoms with Crippen molar-refractivity contribution in [2.24, 2.45) is 5.92 Å². The molecule has 1 aromatic rings. The molecule has 6 heteroatoms. The Labute approximate surface area is 141 Å². The summed E-state index contributed by atoms with van der Waals surface area (Å²) < 4.78 is 19.2. The molecule has 0 aliphatic carbocycles. The summed E-state index contributed by atoms with van der Waals surface area (Å²) in [4.78, 5) is 28.3. The number of hydrogen-bond donors (Lipinski definition) is 0. The van der Waals surface area contributed by atoms with E-state index in [-0.39, 0.29) is 18.4 Å². The minimum Gasteiger partial charge on any atom is -0.356 e. The second-order valence-electron chi connectivity index (χ2n) is 6.74. The summed E-state index contributed by atoms with van der Waals surface area (Å²) in [6, 6.07) is 5.42. The van der Waals surface area contributed by atoms with Crippen LogP contribution in [0.5, 0.6) is 0 Å². The van der Waals surface area contributed by atoms with Crippen LogP contribution in [0.15, 0.2) is 24.3 Å². The standard InChI is InChI=1S/C18H23FN2O3/c1-12-6-8-21(9-7-12)18(23)17-16(20(2)15(22)11-24-17)13-4-3-5-14(19)10-13/h3-5,10,12,16-17H,6-9,11H2,1-2H3/t16-,17+/m1/s1. The molecule has 0 unspecified atom stereocenters. The molecule has 0 bridgehead atoms. The third kappa shape index (κ3) is 3.29. The largest absolute Gasteiger partial charge is 0.356 e. The SMILES string of the molecule is CC1CCN(C(=O)[C@H]2OCC(=O)N(C)[C@@H]2c2cccc(F)c2)CC1. The number of benzene rings is 1. The fourth-order valence-electron chi connectivity index (χ4n) is 3.42. The Bertz CT molecular complexity index is 628. The summed E-state index contributed by atoms with van der Waals surface area (Å²) in [7, 11) is 1.64. The van der Waals surface area contributed by atoms with E-state index in [9.17, 15) is 14.0 Å². The molecular weight excluding hydrogens is 311 g/mol. The van der Waals surface area contributed by atoms with Crippen molar-refractivity contribution < 1.29 is 18.7 Å². The van der Waals surface area contributed by atoms with Gasteiger partial charge in [-0.3, -0.25) is 9.59 Å². The summed E-state index contributed by atoms with van der Waals surface area (Å²) in [5, 5.41) is 0. The van der Waals surface area contributed by atoms with Crippen molar-refractivity contribution >= 4 is 11.8 Å². The number of carbonyl (C=O) groups is 2. The van der Waals surface area contributed by atoms with E-state index >= 15 is 0 Å². The zero-order valence-corrected chi connectivity index (χ0v) is 14.1. The maximum atomic E-state index is 13.6. The second-order valence-corrected chi connectivity index (χ2v) is 6.74. The van der Waals surface area contributed by atoms with Crippen LogP contribution < -0.4 is 0 Å². The van der Waals surface area contributed by atoms with Crippen molar-refractivity contribution in [3.05, 3.63) is 35.6 Å². The van der Waals surface area contributed by atoms with E-state index in [1.54, 1.807) is 24.1 Å². The Morgan fingerprint density at radius 2 is 2.00 bits per heavy atom.